The van der Waals surface area contributed by atoms with Crippen molar-refractivity contribution in [1.82, 2.24) is 4.72 Å². The molecule has 0 saturated carbocycles. The Labute approximate surface area is 102 Å². The third kappa shape index (κ3) is 4.10. The zero-order chi connectivity index (χ0) is 12.7. The van der Waals surface area contributed by atoms with Crippen LogP contribution in [-0.2, 0) is 10.0 Å². The normalized spacial score (nSPS) is 10.8. The van der Waals surface area contributed by atoms with Crippen molar-refractivity contribution < 1.29 is 8.42 Å². The Hall–Kier alpha value is -1.51. The first-order valence-corrected chi connectivity index (χ1v) is 6.79. The number of anilines is 1. The standard InChI is InChI=1S/C12H16N2O2S/c1-3-4-5-10-14-17(15,16)12-8-6-11(13-2)7-9-12/h1,6-9,13-14H,4-5,10H2,2H3. The lowest BCUT2D eigenvalue weighted by Crippen LogP contribution is -2.24. The Morgan fingerprint density at radius 1 is 1.29 bits per heavy atom. The van der Waals surface area contributed by atoms with Gasteiger partial charge in [0.25, 0.3) is 0 Å². The van der Waals surface area contributed by atoms with Crippen molar-refractivity contribution >= 4 is 15.7 Å². The van der Waals surface area contributed by atoms with Crippen LogP contribution in [0.2, 0.25) is 0 Å². The van der Waals surface area contributed by atoms with Crippen LogP contribution in [0, 0.1) is 12.3 Å². The van der Waals surface area contributed by atoms with E-state index in [-0.39, 0.29) is 4.90 Å². The summed E-state index contributed by atoms with van der Waals surface area (Å²) in [6.45, 7) is 0.361. The van der Waals surface area contributed by atoms with Crippen LogP contribution in [0.1, 0.15) is 12.8 Å². The van der Waals surface area contributed by atoms with Gasteiger partial charge in [0.2, 0.25) is 10.0 Å². The second kappa shape index (κ2) is 6.28. The fourth-order valence-electron chi connectivity index (χ4n) is 1.28. The lowest BCUT2D eigenvalue weighted by Gasteiger charge is -2.06. The summed E-state index contributed by atoms with van der Waals surface area (Å²) in [6, 6.07) is 6.57. The van der Waals surface area contributed by atoms with E-state index < -0.39 is 10.0 Å². The molecule has 0 amide bonds. The highest BCUT2D eigenvalue weighted by atomic mass is 32.2. The van der Waals surface area contributed by atoms with Gasteiger partial charge in [-0.2, -0.15) is 0 Å². The number of benzene rings is 1. The van der Waals surface area contributed by atoms with Gasteiger partial charge in [-0.05, 0) is 30.7 Å². The van der Waals surface area contributed by atoms with Crippen molar-refractivity contribution in [2.24, 2.45) is 0 Å². The van der Waals surface area contributed by atoms with E-state index in [1.807, 2.05) is 0 Å². The van der Waals surface area contributed by atoms with Crippen molar-refractivity contribution in [2.75, 3.05) is 18.9 Å². The molecule has 0 aliphatic heterocycles. The van der Waals surface area contributed by atoms with E-state index in [1.54, 1.807) is 31.3 Å². The van der Waals surface area contributed by atoms with Crippen LogP contribution < -0.4 is 10.0 Å². The van der Waals surface area contributed by atoms with Crippen LogP contribution in [0.3, 0.4) is 0 Å². The molecule has 1 rings (SSSR count). The molecule has 0 spiro atoms. The summed E-state index contributed by atoms with van der Waals surface area (Å²) in [6.07, 6.45) is 6.30. The van der Waals surface area contributed by atoms with Gasteiger partial charge in [-0.15, -0.1) is 12.3 Å². The van der Waals surface area contributed by atoms with Gasteiger partial charge < -0.3 is 5.32 Å². The maximum absolute atomic E-state index is 11.8. The van der Waals surface area contributed by atoms with E-state index >= 15 is 0 Å². The Kier molecular flexibility index (Phi) is 5.01. The summed E-state index contributed by atoms with van der Waals surface area (Å²) < 4.78 is 26.1. The summed E-state index contributed by atoms with van der Waals surface area (Å²) >= 11 is 0. The van der Waals surface area contributed by atoms with Gasteiger partial charge >= 0.3 is 0 Å². The molecule has 5 heteroatoms. The van der Waals surface area contributed by atoms with Crippen molar-refractivity contribution in [2.45, 2.75) is 17.7 Å². The van der Waals surface area contributed by atoms with Gasteiger partial charge in [0.15, 0.2) is 0 Å². The monoisotopic (exact) mass is 252 g/mol. The van der Waals surface area contributed by atoms with Gasteiger partial charge in [0, 0.05) is 25.7 Å². The lowest BCUT2D eigenvalue weighted by atomic mass is 10.3. The van der Waals surface area contributed by atoms with Gasteiger partial charge in [0.05, 0.1) is 4.90 Å². The first-order chi connectivity index (χ1) is 8.10. The summed E-state index contributed by atoms with van der Waals surface area (Å²) in [5.74, 6) is 2.47. The van der Waals surface area contributed by atoms with E-state index in [1.165, 1.54) is 0 Å². The zero-order valence-electron chi connectivity index (χ0n) is 9.73. The first kappa shape index (κ1) is 13.6. The highest BCUT2D eigenvalue weighted by Crippen LogP contribution is 2.13. The van der Waals surface area contributed by atoms with Crippen molar-refractivity contribution in [1.29, 1.82) is 0 Å². The number of hydrogen-bond donors (Lipinski definition) is 2. The Balaban J connectivity index is 2.66. The second-order valence-corrected chi connectivity index (χ2v) is 5.25. The number of unbranched alkanes of at least 4 members (excludes halogenated alkanes) is 1. The Morgan fingerprint density at radius 2 is 1.94 bits per heavy atom. The Morgan fingerprint density at radius 3 is 2.47 bits per heavy atom. The van der Waals surface area contributed by atoms with Crippen LogP contribution in [0.15, 0.2) is 29.2 Å². The average Bonchev–Trinajstić information content (AvgIpc) is 2.35. The number of sulfonamides is 1. The predicted molar refractivity (Wildman–Crippen MR) is 69.2 cm³/mol. The minimum absolute atomic E-state index is 0.261. The third-order valence-corrected chi connectivity index (χ3v) is 3.72. The fraction of sp³-hybridized carbons (Fsp3) is 0.333. The lowest BCUT2D eigenvalue weighted by molar-refractivity contribution is 0.579. The first-order valence-electron chi connectivity index (χ1n) is 5.31. The molecule has 0 atom stereocenters. The van der Waals surface area contributed by atoms with E-state index in [9.17, 15) is 8.42 Å². The fourth-order valence-corrected chi connectivity index (χ4v) is 2.36. The Bertz CT molecular complexity index is 486. The highest BCUT2D eigenvalue weighted by molar-refractivity contribution is 7.89. The maximum atomic E-state index is 11.8. The summed E-state index contributed by atoms with van der Waals surface area (Å²) in [5.41, 5.74) is 0.872. The minimum Gasteiger partial charge on any atom is -0.388 e. The van der Waals surface area contributed by atoms with Gasteiger partial charge in [-0.1, -0.05) is 0 Å². The number of rotatable bonds is 6. The van der Waals surface area contributed by atoms with Gasteiger partial charge in [-0.3, -0.25) is 0 Å². The average molecular weight is 252 g/mol. The van der Waals surface area contributed by atoms with E-state index in [0.29, 0.717) is 19.4 Å². The molecule has 1 aromatic rings. The SMILES string of the molecule is C#CCCCNS(=O)(=O)c1ccc(NC)cc1. The molecule has 0 saturated heterocycles. The molecule has 2 N–H and O–H groups in total. The quantitative estimate of drug-likeness (QED) is 0.594. The molecule has 0 heterocycles. The van der Waals surface area contributed by atoms with Crippen LogP contribution in [0.4, 0.5) is 5.69 Å². The van der Waals surface area contributed by atoms with Crippen LogP contribution in [0.25, 0.3) is 0 Å². The zero-order valence-corrected chi connectivity index (χ0v) is 10.5. The highest BCUT2D eigenvalue weighted by Gasteiger charge is 2.12. The number of terminal acetylenes is 1. The van der Waals surface area contributed by atoms with E-state index in [0.717, 1.165) is 5.69 Å². The molecule has 0 aromatic heterocycles. The van der Waals surface area contributed by atoms with Crippen LogP contribution >= 0.6 is 0 Å². The predicted octanol–water partition coefficient (Wildman–Crippen LogP) is 1.42. The van der Waals surface area contributed by atoms with Gasteiger partial charge in [0.1, 0.15) is 0 Å². The van der Waals surface area contributed by atoms with Crippen molar-refractivity contribution in [3.63, 3.8) is 0 Å². The number of hydrogen-bond acceptors (Lipinski definition) is 3. The third-order valence-electron chi connectivity index (χ3n) is 2.24. The van der Waals surface area contributed by atoms with Crippen molar-refractivity contribution in [3.05, 3.63) is 24.3 Å². The molecule has 4 nitrogen and oxygen atoms in total. The molecule has 0 unspecified atom stereocenters. The number of nitrogens with one attached hydrogen (secondary N) is 2. The molecule has 17 heavy (non-hydrogen) atoms. The van der Waals surface area contributed by atoms with Crippen molar-refractivity contribution in [3.8, 4) is 12.3 Å². The summed E-state index contributed by atoms with van der Waals surface area (Å²) in [4.78, 5) is 0.261. The molecule has 0 fully saturated rings. The smallest absolute Gasteiger partial charge is 0.240 e. The molecule has 92 valence electrons. The minimum atomic E-state index is -3.41. The molecule has 1 aromatic carbocycles. The topological polar surface area (TPSA) is 58.2 Å². The maximum Gasteiger partial charge on any atom is 0.240 e. The van der Waals surface area contributed by atoms with E-state index in [2.05, 4.69) is 16.0 Å². The molecule has 0 radical (unpaired) electrons. The summed E-state index contributed by atoms with van der Waals surface area (Å²) in [7, 11) is -1.63. The molecular formula is C12H16N2O2S. The second-order valence-electron chi connectivity index (χ2n) is 3.48. The molecule has 0 aliphatic carbocycles. The molecule has 0 bridgehead atoms. The molecule has 0 aliphatic rings. The van der Waals surface area contributed by atoms with Gasteiger partial charge in [-0.25, -0.2) is 13.1 Å². The van der Waals surface area contributed by atoms with Crippen LogP contribution in [0.5, 0.6) is 0 Å². The summed E-state index contributed by atoms with van der Waals surface area (Å²) in [5, 5.41) is 2.93. The van der Waals surface area contributed by atoms with Crippen LogP contribution in [-0.4, -0.2) is 22.0 Å². The van der Waals surface area contributed by atoms with E-state index in [4.69, 9.17) is 6.42 Å². The molecular weight excluding hydrogens is 236 g/mol. The largest absolute Gasteiger partial charge is 0.388 e.